The second-order valence-corrected chi connectivity index (χ2v) is 4.99. The maximum absolute atomic E-state index is 13.6. The van der Waals surface area contributed by atoms with Crippen LogP contribution in [0.25, 0.3) is 0 Å². The van der Waals surface area contributed by atoms with Crippen LogP contribution in [0.1, 0.15) is 34.9 Å². The summed E-state index contributed by atoms with van der Waals surface area (Å²) >= 11 is 0. The van der Waals surface area contributed by atoms with Gasteiger partial charge < -0.3 is 5.32 Å². The fourth-order valence-corrected chi connectivity index (χ4v) is 2.47. The topological polar surface area (TPSA) is 59.8 Å². The number of aromatic nitrogens is 3. The molecule has 1 saturated heterocycles. The van der Waals surface area contributed by atoms with Gasteiger partial charge in [0.15, 0.2) is 5.69 Å². The Labute approximate surface area is 120 Å². The van der Waals surface area contributed by atoms with E-state index >= 15 is 0 Å². The summed E-state index contributed by atoms with van der Waals surface area (Å²) in [6.45, 7) is 1.74. The lowest BCUT2D eigenvalue weighted by Gasteiger charge is -2.22. The summed E-state index contributed by atoms with van der Waals surface area (Å²) in [4.78, 5) is 12.2. The van der Waals surface area contributed by atoms with Crippen LogP contribution in [0.4, 0.5) is 8.78 Å². The van der Waals surface area contributed by atoms with Crippen molar-refractivity contribution in [3.8, 4) is 0 Å². The maximum Gasteiger partial charge on any atom is 0.220 e. The van der Waals surface area contributed by atoms with Crippen LogP contribution in [0, 0.1) is 11.6 Å². The molecule has 0 atom stereocenters. The predicted molar refractivity (Wildman–Crippen MR) is 71.0 cm³/mol. The number of carbonyl (C=O) groups excluding carboxylic acids is 1. The minimum atomic E-state index is -0.892. The zero-order chi connectivity index (χ0) is 14.8. The summed E-state index contributed by atoms with van der Waals surface area (Å²) in [5, 5.41) is 10.9. The molecule has 110 valence electrons. The zero-order valence-corrected chi connectivity index (χ0v) is 11.2. The van der Waals surface area contributed by atoms with Crippen LogP contribution in [-0.4, -0.2) is 33.9 Å². The fourth-order valence-electron chi connectivity index (χ4n) is 2.47. The van der Waals surface area contributed by atoms with Crippen molar-refractivity contribution in [1.82, 2.24) is 20.3 Å². The average molecular weight is 292 g/mol. The van der Waals surface area contributed by atoms with Gasteiger partial charge in [0.1, 0.15) is 11.6 Å². The predicted octanol–water partition coefficient (Wildman–Crippen LogP) is 1.71. The standard InChI is InChI=1S/C14H14F2N4O/c15-10-2-1-3-11(16)13(10)14(21)12-8-20(19-18-12)9-4-6-17-7-5-9/h1-3,8-9,17H,4-7H2. The summed E-state index contributed by atoms with van der Waals surface area (Å²) in [6.07, 6.45) is 3.22. The molecule has 1 aliphatic heterocycles. The van der Waals surface area contributed by atoms with Gasteiger partial charge >= 0.3 is 0 Å². The van der Waals surface area contributed by atoms with Crippen LogP contribution >= 0.6 is 0 Å². The third-order valence-corrected chi connectivity index (χ3v) is 3.62. The smallest absolute Gasteiger partial charge is 0.220 e. The van der Waals surface area contributed by atoms with Crippen molar-refractivity contribution >= 4 is 5.78 Å². The van der Waals surface area contributed by atoms with Gasteiger partial charge in [0, 0.05) is 0 Å². The minimum absolute atomic E-state index is 0.0440. The minimum Gasteiger partial charge on any atom is -0.317 e. The first-order valence-electron chi connectivity index (χ1n) is 6.78. The SMILES string of the molecule is O=C(c1cn(C2CCNCC2)nn1)c1c(F)cccc1F. The largest absolute Gasteiger partial charge is 0.317 e. The number of rotatable bonds is 3. The molecule has 0 unspecified atom stereocenters. The number of nitrogens with zero attached hydrogens (tertiary/aromatic N) is 3. The molecule has 0 saturated carbocycles. The van der Waals surface area contributed by atoms with Crippen LogP contribution in [0.5, 0.6) is 0 Å². The molecule has 21 heavy (non-hydrogen) atoms. The van der Waals surface area contributed by atoms with Crippen molar-refractivity contribution < 1.29 is 13.6 Å². The Hall–Kier alpha value is -2.15. The monoisotopic (exact) mass is 292 g/mol. The van der Waals surface area contributed by atoms with Crippen LogP contribution in [0.3, 0.4) is 0 Å². The fraction of sp³-hybridized carbons (Fsp3) is 0.357. The molecule has 5 nitrogen and oxygen atoms in total. The lowest BCUT2D eigenvalue weighted by Crippen LogP contribution is -2.29. The summed E-state index contributed by atoms with van der Waals surface area (Å²) in [5.74, 6) is -2.57. The van der Waals surface area contributed by atoms with Crippen LogP contribution in [0.15, 0.2) is 24.4 Å². The molecule has 0 spiro atoms. The molecule has 0 bridgehead atoms. The molecule has 2 aromatic rings. The Bertz CT molecular complexity index is 644. The van der Waals surface area contributed by atoms with E-state index in [1.54, 1.807) is 4.68 Å². The van der Waals surface area contributed by atoms with Crippen LogP contribution < -0.4 is 5.32 Å². The highest BCUT2D eigenvalue weighted by Crippen LogP contribution is 2.19. The van der Waals surface area contributed by atoms with Gasteiger partial charge in [-0.3, -0.25) is 4.79 Å². The molecule has 1 aliphatic rings. The second-order valence-electron chi connectivity index (χ2n) is 4.99. The molecule has 3 rings (SSSR count). The number of hydrogen-bond donors (Lipinski definition) is 1. The van der Waals surface area contributed by atoms with Gasteiger partial charge in [-0.2, -0.15) is 0 Å². The van der Waals surface area contributed by atoms with Gasteiger partial charge in [0.05, 0.1) is 17.8 Å². The molecule has 0 amide bonds. The molecule has 1 aromatic carbocycles. The van der Waals surface area contributed by atoms with E-state index in [0.29, 0.717) is 0 Å². The van der Waals surface area contributed by atoms with Crippen molar-refractivity contribution in [3.05, 3.63) is 47.3 Å². The molecule has 1 aromatic heterocycles. The molecule has 0 aliphatic carbocycles. The van der Waals surface area contributed by atoms with Crippen molar-refractivity contribution in [1.29, 1.82) is 0 Å². The first-order valence-corrected chi connectivity index (χ1v) is 6.78. The molecular formula is C14H14F2N4O. The zero-order valence-electron chi connectivity index (χ0n) is 11.2. The number of halogens is 2. The van der Waals surface area contributed by atoms with Gasteiger partial charge in [-0.25, -0.2) is 13.5 Å². The number of ketones is 1. The Balaban J connectivity index is 1.87. The lowest BCUT2D eigenvalue weighted by atomic mass is 10.1. The Morgan fingerprint density at radius 1 is 1.24 bits per heavy atom. The Morgan fingerprint density at radius 3 is 2.57 bits per heavy atom. The van der Waals surface area contributed by atoms with Gasteiger partial charge in [0.2, 0.25) is 5.78 Å². The first kappa shape index (κ1) is 13.8. The van der Waals surface area contributed by atoms with Crippen molar-refractivity contribution in [3.63, 3.8) is 0 Å². The van der Waals surface area contributed by atoms with Gasteiger partial charge in [-0.15, -0.1) is 5.10 Å². The lowest BCUT2D eigenvalue weighted by molar-refractivity contribution is 0.102. The van der Waals surface area contributed by atoms with Gasteiger partial charge in [-0.1, -0.05) is 11.3 Å². The molecule has 2 heterocycles. The number of hydrogen-bond acceptors (Lipinski definition) is 4. The van der Waals surface area contributed by atoms with Crippen molar-refractivity contribution in [2.75, 3.05) is 13.1 Å². The second kappa shape index (κ2) is 5.69. The first-order chi connectivity index (χ1) is 10.2. The summed E-state index contributed by atoms with van der Waals surface area (Å²) in [5.41, 5.74) is -0.632. The van der Waals surface area contributed by atoms with E-state index in [4.69, 9.17) is 0 Å². The van der Waals surface area contributed by atoms with Gasteiger partial charge in [0.25, 0.3) is 0 Å². The Kier molecular flexibility index (Phi) is 3.74. The maximum atomic E-state index is 13.6. The number of nitrogens with one attached hydrogen (secondary N) is 1. The van der Waals surface area contributed by atoms with Crippen LogP contribution in [-0.2, 0) is 0 Å². The van der Waals surface area contributed by atoms with Crippen molar-refractivity contribution in [2.24, 2.45) is 0 Å². The quantitative estimate of drug-likeness (QED) is 0.875. The van der Waals surface area contributed by atoms with Crippen LogP contribution in [0.2, 0.25) is 0 Å². The Morgan fingerprint density at radius 2 is 1.90 bits per heavy atom. The normalized spacial score (nSPS) is 16.1. The molecular weight excluding hydrogens is 278 g/mol. The van der Waals surface area contributed by atoms with E-state index in [1.165, 1.54) is 12.3 Å². The van der Waals surface area contributed by atoms with E-state index < -0.39 is 23.0 Å². The number of carbonyl (C=O) groups is 1. The van der Waals surface area contributed by atoms with Crippen molar-refractivity contribution in [2.45, 2.75) is 18.9 Å². The third kappa shape index (κ3) is 2.69. The summed E-state index contributed by atoms with van der Waals surface area (Å²) < 4.78 is 28.9. The highest BCUT2D eigenvalue weighted by molar-refractivity contribution is 6.07. The summed E-state index contributed by atoms with van der Waals surface area (Å²) in [6, 6.07) is 3.47. The van der Waals surface area contributed by atoms with E-state index in [0.717, 1.165) is 38.1 Å². The highest BCUT2D eigenvalue weighted by Gasteiger charge is 2.23. The number of benzene rings is 1. The molecule has 1 fully saturated rings. The van der Waals surface area contributed by atoms with E-state index in [-0.39, 0.29) is 11.7 Å². The van der Waals surface area contributed by atoms with Gasteiger partial charge in [-0.05, 0) is 38.1 Å². The highest BCUT2D eigenvalue weighted by atomic mass is 19.1. The molecule has 7 heteroatoms. The molecule has 0 radical (unpaired) electrons. The number of piperidine rings is 1. The van der Waals surface area contributed by atoms with E-state index in [1.807, 2.05) is 0 Å². The van der Waals surface area contributed by atoms with E-state index in [2.05, 4.69) is 15.6 Å². The average Bonchev–Trinajstić information content (AvgIpc) is 2.97. The summed E-state index contributed by atoms with van der Waals surface area (Å²) in [7, 11) is 0. The third-order valence-electron chi connectivity index (χ3n) is 3.62. The van der Waals surface area contributed by atoms with E-state index in [9.17, 15) is 13.6 Å². The molecule has 1 N–H and O–H groups in total.